The fraction of sp³-hybridized carbons (Fsp3) is 0.435. The average molecular weight is 451 g/mol. The highest BCUT2D eigenvalue weighted by atomic mass is 35.5. The van der Waals surface area contributed by atoms with Gasteiger partial charge in [0.2, 0.25) is 0 Å². The van der Waals surface area contributed by atoms with E-state index >= 15 is 0 Å². The van der Waals surface area contributed by atoms with Gasteiger partial charge in [-0.2, -0.15) is 0 Å². The van der Waals surface area contributed by atoms with Gasteiger partial charge in [-0.05, 0) is 49.6 Å². The Morgan fingerprint density at radius 3 is 2.37 bits per heavy atom. The third-order valence-corrected chi connectivity index (χ3v) is 5.66. The molecule has 162 valence electrons. The number of halogens is 2. The van der Waals surface area contributed by atoms with E-state index < -0.39 is 0 Å². The third-order valence-electron chi connectivity index (χ3n) is 5.10. The van der Waals surface area contributed by atoms with Crippen molar-refractivity contribution in [3.05, 3.63) is 57.6 Å². The number of carbonyl (C=O) groups excluding carboxylic acids is 1. The number of amides is 1. The molecular formula is C23H28Cl2N2O3. The molecule has 30 heavy (non-hydrogen) atoms. The molecule has 1 amide bonds. The molecule has 1 heterocycles. The Hall–Kier alpha value is -1.95. The number of anilines is 1. The monoisotopic (exact) mass is 450 g/mol. The van der Waals surface area contributed by atoms with Gasteiger partial charge in [0.05, 0.1) is 22.8 Å². The van der Waals surface area contributed by atoms with E-state index in [-0.39, 0.29) is 12.0 Å². The van der Waals surface area contributed by atoms with Gasteiger partial charge in [0.25, 0.3) is 5.91 Å². The first-order valence-electron chi connectivity index (χ1n) is 10.2. The molecule has 0 N–H and O–H groups in total. The lowest BCUT2D eigenvalue weighted by Gasteiger charge is -2.26. The number of benzene rings is 2. The number of rotatable bonds is 8. The van der Waals surface area contributed by atoms with E-state index in [0.717, 1.165) is 30.7 Å². The summed E-state index contributed by atoms with van der Waals surface area (Å²) in [5.41, 5.74) is 2.60. The summed E-state index contributed by atoms with van der Waals surface area (Å²) in [7, 11) is 4.00. The average Bonchev–Trinajstić information content (AvgIpc) is 3.23. The maximum atomic E-state index is 13.4. The van der Waals surface area contributed by atoms with Gasteiger partial charge >= 0.3 is 0 Å². The molecule has 2 aromatic carbocycles. The van der Waals surface area contributed by atoms with E-state index in [4.69, 9.17) is 32.7 Å². The highest BCUT2D eigenvalue weighted by molar-refractivity contribution is 6.37. The van der Waals surface area contributed by atoms with Crippen molar-refractivity contribution in [2.24, 2.45) is 0 Å². The van der Waals surface area contributed by atoms with Gasteiger partial charge in [0.15, 0.2) is 5.75 Å². The second kappa shape index (κ2) is 10.4. The van der Waals surface area contributed by atoms with E-state index in [1.54, 1.807) is 12.1 Å². The molecule has 1 aliphatic rings. The lowest BCUT2D eigenvalue weighted by Crippen LogP contribution is -2.37. The van der Waals surface area contributed by atoms with Gasteiger partial charge in [0.1, 0.15) is 0 Å². The van der Waals surface area contributed by atoms with Gasteiger partial charge in [-0.25, -0.2) is 0 Å². The van der Waals surface area contributed by atoms with Crippen LogP contribution in [0.15, 0.2) is 36.4 Å². The Labute approximate surface area is 188 Å². The molecule has 1 aliphatic heterocycles. The topological polar surface area (TPSA) is 42.0 Å². The van der Waals surface area contributed by atoms with Crippen molar-refractivity contribution < 1.29 is 14.3 Å². The van der Waals surface area contributed by atoms with Crippen molar-refractivity contribution in [2.45, 2.75) is 32.4 Å². The van der Waals surface area contributed by atoms with E-state index in [1.807, 2.05) is 43.0 Å². The molecule has 5 nitrogen and oxygen atoms in total. The summed E-state index contributed by atoms with van der Waals surface area (Å²) in [5.74, 6) is 0.274. The van der Waals surface area contributed by atoms with Crippen molar-refractivity contribution in [3.8, 4) is 5.75 Å². The molecule has 1 fully saturated rings. The molecule has 0 aliphatic carbocycles. The van der Waals surface area contributed by atoms with Crippen molar-refractivity contribution in [1.82, 2.24) is 4.90 Å². The maximum absolute atomic E-state index is 13.4. The summed E-state index contributed by atoms with van der Waals surface area (Å²) in [6.45, 7) is 4.05. The molecule has 1 saturated heterocycles. The molecule has 0 aromatic heterocycles. The summed E-state index contributed by atoms with van der Waals surface area (Å²) in [6, 6.07) is 11.4. The molecular weight excluding hydrogens is 423 g/mol. The van der Waals surface area contributed by atoms with Crippen LogP contribution in [-0.2, 0) is 11.3 Å². The first-order chi connectivity index (χ1) is 14.4. The number of carbonyl (C=O) groups is 1. The van der Waals surface area contributed by atoms with Crippen molar-refractivity contribution in [2.75, 3.05) is 38.8 Å². The summed E-state index contributed by atoms with van der Waals surface area (Å²) < 4.78 is 11.3. The number of nitrogens with zero attached hydrogens (tertiary/aromatic N) is 2. The molecule has 0 radical (unpaired) electrons. The Morgan fingerprint density at radius 2 is 1.83 bits per heavy atom. The minimum atomic E-state index is -0.131. The molecule has 0 bridgehead atoms. The van der Waals surface area contributed by atoms with Crippen LogP contribution in [0.25, 0.3) is 0 Å². The van der Waals surface area contributed by atoms with Gasteiger partial charge < -0.3 is 19.3 Å². The Bertz CT molecular complexity index is 842. The molecule has 7 heteroatoms. The van der Waals surface area contributed by atoms with Crippen LogP contribution >= 0.6 is 23.2 Å². The quantitative estimate of drug-likeness (QED) is 0.548. The molecule has 3 rings (SSSR count). The van der Waals surface area contributed by atoms with Crippen LogP contribution in [0.2, 0.25) is 10.0 Å². The highest BCUT2D eigenvalue weighted by Crippen LogP contribution is 2.35. The zero-order valence-corrected chi connectivity index (χ0v) is 19.2. The second-order valence-corrected chi connectivity index (χ2v) is 8.40. The highest BCUT2D eigenvalue weighted by Gasteiger charge is 2.25. The summed E-state index contributed by atoms with van der Waals surface area (Å²) in [6.07, 6.45) is 2.02. The third kappa shape index (κ3) is 5.60. The molecule has 2 aromatic rings. The van der Waals surface area contributed by atoms with Crippen LogP contribution in [0.5, 0.6) is 5.75 Å². The van der Waals surface area contributed by atoms with Crippen molar-refractivity contribution in [1.29, 1.82) is 0 Å². The van der Waals surface area contributed by atoms with Crippen LogP contribution in [0.3, 0.4) is 0 Å². The van der Waals surface area contributed by atoms with Gasteiger partial charge in [-0.3, -0.25) is 4.79 Å². The van der Waals surface area contributed by atoms with Gasteiger partial charge in [0, 0.05) is 45.0 Å². The van der Waals surface area contributed by atoms with Gasteiger partial charge in [-0.1, -0.05) is 35.3 Å². The fourth-order valence-corrected chi connectivity index (χ4v) is 4.12. The number of hydrogen-bond donors (Lipinski definition) is 0. The van der Waals surface area contributed by atoms with Crippen LogP contribution < -0.4 is 9.64 Å². The molecule has 0 saturated carbocycles. The lowest BCUT2D eigenvalue weighted by atomic mass is 10.1. The van der Waals surface area contributed by atoms with Crippen LogP contribution in [0, 0.1) is 0 Å². The predicted molar refractivity (Wildman–Crippen MR) is 122 cm³/mol. The minimum Gasteiger partial charge on any atom is -0.491 e. The summed E-state index contributed by atoms with van der Waals surface area (Å²) in [5, 5.41) is 0.667. The molecule has 0 unspecified atom stereocenters. The second-order valence-electron chi connectivity index (χ2n) is 7.58. The smallest absolute Gasteiger partial charge is 0.254 e. The first-order valence-corrected chi connectivity index (χ1v) is 10.9. The predicted octanol–water partition coefficient (Wildman–Crippen LogP) is 5.28. The molecule has 1 atom stereocenters. The lowest BCUT2D eigenvalue weighted by molar-refractivity contribution is 0.0507. The van der Waals surface area contributed by atoms with Crippen LogP contribution in [0.1, 0.15) is 35.7 Å². The van der Waals surface area contributed by atoms with E-state index in [1.165, 1.54) is 0 Å². The summed E-state index contributed by atoms with van der Waals surface area (Å²) >= 11 is 12.7. The Morgan fingerprint density at radius 1 is 1.17 bits per heavy atom. The van der Waals surface area contributed by atoms with Crippen molar-refractivity contribution >= 4 is 34.8 Å². The first kappa shape index (κ1) is 22.7. The van der Waals surface area contributed by atoms with E-state index in [0.29, 0.717) is 41.1 Å². The maximum Gasteiger partial charge on any atom is 0.254 e. The fourth-order valence-electron chi connectivity index (χ4n) is 3.52. The number of hydrogen-bond acceptors (Lipinski definition) is 4. The van der Waals surface area contributed by atoms with Crippen LogP contribution in [0.4, 0.5) is 5.69 Å². The Balaban J connectivity index is 1.84. The normalized spacial score (nSPS) is 15.8. The number of ether oxygens (including phenoxy) is 2. The SMILES string of the molecule is CCOc1c(Cl)cc(C(=O)N(Cc2ccc(N(C)C)cc2)C[C@@H]2CCCO2)cc1Cl. The minimum absolute atomic E-state index is 0.0450. The van der Waals surface area contributed by atoms with Crippen molar-refractivity contribution in [3.63, 3.8) is 0 Å². The van der Waals surface area contributed by atoms with E-state index in [2.05, 4.69) is 12.1 Å². The Kier molecular flexibility index (Phi) is 7.87. The van der Waals surface area contributed by atoms with Gasteiger partial charge in [-0.15, -0.1) is 0 Å². The largest absolute Gasteiger partial charge is 0.491 e. The zero-order chi connectivity index (χ0) is 21.7. The zero-order valence-electron chi connectivity index (χ0n) is 17.7. The van der Waals surface area contributed by atoms with E-state index in [9.17, 15) is 4.79 Å². The van der Waals surface area contributed by atoms with Crippen LogP contribution in [-0.4, -0.2) is 50.8 Å². The standard InChI is InChI=1S/C23H28Cl2N2O3/c1-4-29-22-20(24)12-17(13-21(22)25)23(28)27(15-19-6-5-11-30-19)14-16-7-9-18(10-8-16)26(2)3/h7-10,12-13,19H,4-6,11,14-15H2,1-3H3/t19-/m0/s1. The molecule has 0 spiro atoms. The summed E-state index contributed by atoms with van der Waals surface area (Å²) in [4.78, 5) is 17.2.